The number of hydrogen-bond acceptors (Lipinski definition) is 2. The number of nitrogens with one attached hydrogen (secondary N) is 1. The molecule has 0 spiro atoms. The number of carbonyl (C=O) groups excluding carboxylic acids is 1. The molecule has 24 heavy (non-hydrogen) atoms. The standard InChI is InChI=1S/C21H18N2O/c24-21(17-11-5-2-6-12-17)23-15-19(16-9-3-1-4-10-16)22-18-13-7-8-14-20(18)23/h1-14,19,22H,15H2. The predicted octanol–water partition coefficient (Wildman–Crippen LogP) is 4.50. The maximum absolute atomic E-state index is 13.0. The first-order valence-corrected chi connectivity index (χ1v) is 8.10. The second-order valence-electron chi connectivity index (χ2n) is 5.91. The van der Waals surface area contributed by atoms with E-state index in [1.807, 2.05) is 77.7 Å². The minimum absolute atomic E-state index is 0.0329. The van der Waals surface area contributed by atoms with E-state index in [1.165, 1.54) is 5.56 Å². The Morgan fingerprint density at radius 2 is 1.46 bits per heavy atom. The minimum Gasteiger partial charge on any atom is -0.375 e. The molecule has 118 valence electrons. The van der Waals surface area contributed by atoms with Gasteiger partial charge in [-0.15, -0.1) is 0 Å². The number of anilines is 2. The van der Waals surface area contributed by atoms with Gasteiger partial charge in [-0.2, -0.15) is 0 Å². The van der Waals surface area contributed by atoms with Gasteiger partial charge >= 0.3 is 0 Å². The first kappa shape index (κ1) is 14.5. The van der Waals surface area contributed by atoms with E-state index in [2.05, 4.69) is 17.4 Å². The van der Waals surface area contributed by atoms with Crippen LogP contribution in [-0.4, -0.2) is 12.5 Å². The van der Waals surface area contributed by atoms with Crippen molar-refractivity contribution >= 4 is 17.3 Å². The van der Waals surface area contributed by atoms with Gasteiger partial charge in [0.15, 0.2) is 0 Å². The third-order valence-electron chi connectivity index (χ3n) is 4.36. The third-order valence-corrected chi connectivity index (χ3v) is 4.36. The van der Waals surface area contributed by atoms with Gasteiger partial charge in [0.1, 0.15) is 0 Å². The fourth-order valence-electron chi connectivity index (χ4n) is 3.15. The molecule has 1 amide bonds. The molecule has 1 aliphatic rings. The molecule has 4 rings (SSSR count). The zero-order valence-electron chi connectivity index (χ0n) is 13.2. The summed E-state index contributed by atoms with van der Waals surface area (Å²) >= 11 is 0. The highest BCUT2D eigenvalue weighted by atomic mass is 16.2. The number of hydrogen-bond donors (Lipinski definition) is 1. The minimum atomic E-state index is 0.0329. The van der Waals surface area contributed by atoms with Crippen LogP contribution in [0.4, 0.5) is 11.4 Å². The van der Waals surface area contributed by atoms with Crippen molar-refractivity contribution in [3.05, 3.63) is 96.1 Å². The molecule has 0 saturated heterocycles. The van der Waals surface area contributed by atoms with E-state index in [0.29, 0.717) is 12.1 Å². The Kier molecular flexibility index (Phi) is 3.75. The Labute approximate surface area is 141 Å². The highest BCUT2D eigenvalue weighted by Crippen LogP contribution is 2.36. The predicted molar refractivity (Wildman–Crippen MR) is 97.4 cm³/mol. The van der Waals surface area contributed by atoms with Gasteiger partial charge in [-0.3, -0.25) is 4.79 Å². The van der Waals surface area contributed by atoms with E-state index in [9.17, 15) is 4.79 Å². The van der Waals surface area contributed by atoms with Gasteiger partial charge < -0.3 is 10.2 Å². The van der Waals surface area contributed by atoms with Gasteiger partial charge in [-0.05, 0) is 29.8 Å². The Morgan fingerprint density at radius 3 is 2.21 bits per heavy atom. The van der Waals surface area contributed by atoms with Crippen molar-refractivity contribution in [1.29, 1.82) is 0 Å². The molecule has 3 aromatic carbocycles. The molecule has 1 aliphatic heterocycles. The lowest BCUT2D eigenvalue weighted by Crippen LogP contribution is -2.40. The van der Waals surface area contributed by atoms with Crippen LogP contribution in [0.5, 0.6) is 0 Å². The van der Waals surface area contributed by atoms with Gasteiger partial charge in [0, 0.05) is 5.56 Å². The summed E-state index contributed by atoms with van der Waals surface area (Å²) in [5.74, 6) is 0.0329. The summed E-state index contributed by atoms with van der Waals surface area (Å²) in [4.78, 5) is 14.9. The fraction of sp³-hybridized carbons (Fsp3) is 0.0952. The number of amides is 1. The molecule has 1 unspecified atom stereocenters. The topological polar surface area (TPSA) is 32.3 Å². The highest BCUT2D eigenvalue weighted by molar-refractivity contribution is 6.08. The molecule has 0 fully saturated rings. The second-order valence-corrected chi connectivity index (χ2v) is 5.91. The summed E-state index contributed by atoms with van der Waals surface area (Å²) in [6.45, 7) is 0.606. The summed E-state index contributed by atoms with van der Waals surface area (Å²) in [7, 11) is 0. The van der Waals surface area contributed by atoms with Crippen molar-refractivity contribution in [3.63, 3.8) is 0 Å². The maximum atomic E-state index is 13.0. The Bertz CT molecular complexity index is 846. The van der Waals surface area contributed by atoms with Crippen molar-refractivity contribution in [2.75, 3.05) is 16.8 Å². The SMILES string of the molecule is O=C(c1ccccc1)N1CC(c2ccccc2)Nc2ccccc21. The average molecular weight is 314 g/mol. The van der Waals surface area contributed by atoms with Crippen LogP contribution in [0.2, 0.25) is 0 Å². The largest absolute Gasteiger partial charge is 0.375 e. The van der Waals surface area contributed by atoms with E-state index in [-0.39, 0.29) is 11.9 Å². The molecule has 3 nitrogen and oxygen atoms in total. The number of rotatable bonds is 2. The molecule has 1 heterocycles. The molecule has 3 heteroatoms. The third kappa shape index (κ3) is 2.65. The van der Waals surface area contributed by atoms with Crippen LogP contribution in [-0.2, 0) is 0 Å². The number of benzene rings is 3. The molecule has 0 radical (unpaired) electrons. The van der Waals surface area contributed by atoms with Gasteiger partial charge in [0.05, 0.1) is 24.0 Å². The molecule has 1 N–H and O–H groups in total. The first-order chi connectivity index (χ1) is 11.8. The normalized spacial score (nSPS) is 16.2. The van der Waals surface area contributed by atoms with E-state index in [1.54, 1.807) is 0 Å². The van der Waals surface area contributed by atoms with E-state index < -0.39 is 0 Å². The molecule has 3 aromatic rings. The molecular weight excluding hydrogens is 296 g/mol. The monoisotopic (exact) mass is 314 g/mol. The van der Waals surface area contributed by atoms with Crippen LogP contribution in [0.1, 0.15) is 22.0 Å². The Hall–Kier alpha value is -3.07. The van der Waals surface area contributed by atoms with Gasteiger partial charge in [0.25, 0.3) is 5.91 Å². The number of nitrogens with zero attached hydrogens (tertiary/aromatic N) is 1. The maximum Gasteiger partial charge on any atom is 0.258 e. The van der Waals surface area contributed by atoms with Crippen molar-refractivity contribution in [3.8, 4) is 0 Å². The lowest BCUT2D eigenvalue weighted by Gasteiger charge is -2.36. The number of carbonyl (C=O) groups is 1. The lowest BCUT2D eigenvalue weighted by molar-refractivity contribution is 0.0985. The van der Waals surface area contributed by atoms with Crippen molar-refractivity contribution in [2.45, 2.75) is 6.04 Å². The smallest absolute Gasteiger partial charge is 0.258 e. The number of para-hydroxylation sites is 2. The van der Waals surface area contributed by atoms with E-state index >= 15 is 0 Å². The summed E-state index contributed by atoms with van der Waals surface area (Å²) in [6.07, 6.45) is 0. The van der Waals surface area contributed by atoms with Gasteiger partial charge in [-0.25, -0.2) is 0 Å². The molecule has 0 aromatic heterocycles. The van der Waals surface area contributed by atoms with Gasteiger partial charge in [-0.1, -0.05) is 60.7 Å². The van der Waals surface area contributed by atoms with Gasteiger partial charge in [0.2, 0.25) is 0 Å². The van der Waals surface area contributed by atoms with Crippen molar-refractivity contribution in [1.82, 2.24) is 0 Å². The molecule has 1 atom stereocenters. The quantitative estimate of drug-likeness (QED) is 0.755. The summed E-state index contributed by atoms with van der Waals surface area (Å²) in [6, 6.07) is 27.8. The molecule has 0 saturated carbocycles. The average Bonchev–Trinajstić information content (AvgIpc) is 2.68. The van der Waals surface area contributed by atoms with Crippen LogP contribution >= 0.6 is 0 Å². The van der Waals surface area contributed by atoms with Crippen LogP contribution in [0, 0.1) is 0 Å². The van der Waals surface area contributed by atoms with E-state index in [0.717, 1.165) is 11.4 Å². The lowest BCUT2D eigenvalue weighted by atomic mass is 10.0. The fourth-order valence-corrected chi connectivity index (χ4v) is 3.15. The van der Waals surface area contributed by atoms with Crippen LogP contribution in [0.15, 0.2) is 84.9 Å². The zero-order valence-corrected chi connectivity index (χ0v) is 13.2. The van der Waals surface area contributed by atoms with Crippen LogP contribution < -0.4 is 10.2 Å². The second kappa shape index (κ2) is 6.20. The number of fused-ring (bicyclic) bond motifs is 1. The van der Waals surface area contributed by atoms with Crippen LogP contribution in [0.3, 0.4) is 0 Å². The highest BCUT2D eigenvalue weighted by Gasteiger charge is 2.29. The molecular formula is C21H18N2O. The summed E-state index contributed by atoms with van der Waals surface area (Å²) in [5, 5.41) is 3.56. The molecule has 0 bridgehead atoms. The van der Waals surface area contributed by atoms with Crippen molar-refractivity contribution in [2.24, 2.45) is 0 Å². The van der Waals surface area contributed by atoms with E-state index in [4.69, 9.17) is 0 Å². The zero-order chi connectivity index (χ0) is 16.4. The van der Waals surface area contributed by atoms with Crippen LogP contribution in [0.25, 0.3) is 0 Å². The molecule has 0 aliphatic carbocycles. The summed E-state index contributed by atoms with van der Waals surface area (Å²) in [5.41, 5.74) is 3.80. The van der Waals surface area contributed by atoms with Crippen molar-refractivity contribution < 1.29 is 4.79 Å². The Morgan fingerprint density at radius 1 is 0.833 bits per heavy atom. The Balaban J connectivity index is 1.73. The summed E-state index contributed by atoms with van der Waals surface area (Å²) < 4.78 is 0. The first-order valence-electron chi connectivity index (χ1n) is 8.10.